The Morgan fingerprint density at radius 1 is 1.38 bits per heavy atom. The molecule has 1 aromatic rings. The third-order valence-corrected chi connectivity index (χ3v) is 3.08. The zero-order valence-corrected chi connectivity index (χ0v) is 11.8. The zero-order chi connectivity index (χ0) is 12.0. The third-order valence-electron chi connectivity index (χ3n) is 2.46. The molecule has 0 spiro atoms. The van der Waals surface area contributed by atoms with Gasteiger partial charge in [-0.05, 0) is 53.5 Å². The molecular formula is C13H20BrNO. The second-order valence-corrected chi connectivity index (χ2v) is 4.74. The van der Waals surface area contributed by atoms with Crippen molar-refractivity contribution in [1.82, 2.24) is 5.32 Å². The summed E-state index contributed by atoms with van der Waals surface area (Å²) in [5.41, 5.74) is 1.24. The zero-order valence-electron chi connectivity index (χ0n) is 10.2. The fourth-order valence-electron chi connectivity index (χ4n) is 1.46. The van der Waals surface area contributed by atoms with Crippen molar-refractivity contribution in [3.8, 4) is 5.75 Å². The molecule has 1 unspecified atom stereocenters. The largest absolute Gasteiger partial charge is 0.488 e. The highest BCUT2D eigenvalue weighted by atomic mass is 79.9. The summed E-state index contributed by atoms with van der Waals surface area (Å²) in [7, 11) is 0. The van der Waals surface area contributed by atoms with Gasteiger partial charge in [0.05, 0.1) is 4.47 Å². The number of halogens is 1. The number of hydrogen-bond acceptors (Lipinski definition) is 2. The molecule has 90 valence electrons. The standard InChI is InChI=1S/C13H20BrNO/c1-4-11(9-15-5-2)16-13-7-6-10(3)8-12(13)14/h6-8,11,15H,4-5,9H2,1-3H3. The lowest BCUT2D eigenvalue weighted by atomic mass is 10.2. The maximum Gasteiger partial charge on any atom is 0.133 e. The number of ether oxygens (including phenoxy) is 1. The molecule has 0 saturated carbocycles. The first-order chi connectivity index (χ1) is 7.67. The van der Waals surface area contributed by atoms with Crippen LogP contribution in [-0.4, -0.2) is 19.2 Å². The molecule has 0 radical (unpaired) electrons. The van der Waals surface area contributed by atoms with Gasteiger partial charge in [0.1, 0.15) is 11.9 Å². The van der Waals surface area contributed by atoms with E-state index in [1.807, 2.05) is 6.07 Å². The van der Waals surface area contributed by atoms with Crippen molar-refractivity contribution in [2.24, 2.45) is 0 Å². The maximum atomic E-state index is 5.94. The van der Waals surface area contributed by atoms with Gasteiger partial charge in [0.25, 0.3) is 0 Å². The average Bonchev–Trinajstić information content (AvgIpc) is 2.27. The van der Waals surface area contributed by atoms with Crippen molar-refractivity contribution >= 4 is 15.9 Å². The van der Waals surface area contributed by atoms with E-state index in [9.17, 15) is 0 Å². The molecule has 1 N–H and O–H groups in total. The van der Waals surface area contributed by atoms with Crippen LogP contribution < -0.4 is 10.1 Å². The molecule has 0 saturated heterocycles. The van der Waals surface area contributed by atoms with Crippen LogP contribution in [0.25, 0.3) is 0 Å². The second kappa shape index (κ2) is 6.92. The molecule has 0 amide bonds. The quantitative estimate of drug-likeness (QED) is 0.864. The van der Waals surface area contributed by atoms with Crippen LogP contribution in [0.4, 0.5) is 0 Å². The predicted octanol–water partition coefficient (Wildman–Crippen LogP) is 3.52. The molecule has 0 aliphatic carbocycles. The molecule has 1 aromatic carbocycles. The molecular weight excluding hydrogens is 266 g/mol. The first kappa shape index (κ1) is 13.5. The molecule has 0 heterocycles. The maximum absolute atomic E-state index is 5.94. The molecule has 0 fully saturated rings. The number of rotatable bonds is 6. The summed E-state index contributed by atoms with van der Waals surface area (Å²) in [6.07, 6.45) is 1.24. The Hall–Kier alpha value is -0.540. The van der Waals surface area contributed by atoms with Crippen molar-refractivity contribution in [3.05, 3.63) is 28.2 Å². The van der Waals surface area contributed by atoms with Gasteiger partial charge >= 0.3 is 0 Å². The number of benzene rings is 1. The van der Waals surface area contributed by atoms with E-state index in [0.29, 0.717) is 0 Å². The third kappa shape index (κ3) is 4.14. The highest BCUT2D eigenvalue weighted by Gasteiger charge is 2.09. The van der Waals surface area contributed by atoms with E-state index in [4.69, 9.17) is 4.74 Å². The smallest absolute Gasteiger partial charge is 0.133 e. The summed E-state index contributed by atoms with van der Waals surface area (Å²) in [5, 5.41) is 3.31. The molecule has 2 nitrogen and oxygen atoms in total. The predicted molar refractivity (Wildman–Crippen MR) is 72.1 cm³/mol. The Bertz CT molecular complexity index is 328. The number of hydrogen-bond donors (Lipinski definition) is 1. The highest BCUT2D eigenvalue weighted by Crippen LogP contribution is 2.26. The van der Waals surface area contributed by atoms with E-state index in [1.54, 1.807) is 0 Å². The number of aryl methyl sites for hydroxylation is 1. The molecule has 0 bridgehead atoms. The Morgan fingerprint density at radius 3 is 2.69 bits per heavy atom. The van der Waals surface area contributed by atoms with Gasteiger partial charge < -0.3 is 10.1 Å². The number of likely N-dealkylation sites (N-methyl/N-ethyl adjacent to an activating group) is 1. The second-order valence-electron chi connectivity index (χ2n) is 3.89. The van der Waals surface area contributed by atoms with Crippen LogP contribution in [0.15, 0.2) is 22.7 Å². The summed E-state index contributed by atoms with van der Waals surface area (Å²) in [6, 6.07) is 6.17. The minimum atomic E-state index is 0.235. The van der Waals surface area contributed by atoms with Gasteiger partial charge in [-0.25, -0.2) is 0 Å². The summed E-state index contributed by atoms with van der Waals surface area (Å²) in [6.45, 7) is 8.20. The molecule has 0 aromatic heterocycles. The molecule has 1 rings (SSSR count). The van der Waals surface area contributed by atoms with Crippen LogP contribution in [0.5, 0.6) is 5.75 Å². The Kier molecular flexibility index (Phi) is 5.85. The fraction of sp³-hybridized carbons (Fsp3) is 0.538. The van der Waals surface area contributed by atoms with Gasteiger partial charge in [-0.2, -0.15) is 0 Å². The van der Waals surface area contributed by atoms with Gasteiger partial charge in [-0.3, -0.25) is 0 Å². The lowest BCUT2D eigenvalue weighted by molar-refractivity contribution is 0.193. The minimum absolute atomic E-state index is 0.235. The van der Waals surface area contributed by atoms with E-state index in [1.165, 1.54) is 5.56 Å². The SMILES string of the molecule is CCNCC(CC)Oc1ccc(C)cc1Br. The monoisotopic (exact) mass is 285 g/mol. The van der Waals surface area contributed by atoms with Crippen molar-refractivity contribution in [2.45, 2.75) is 33.3 Å². The van der Waals surface area contributed by atoms with Crippen molar-refractivity contribution in [2.75, 3.05) is 13.1 Å². The van der Waals surface area contributed by atoms with Gasteiger partial charge in [-0.15, -0.1) is 0 Å². The number of nitrogens with one attached hydrogen (secondary N) is 1. The van der Waals surface area contributed by atoms with E-state index in [-0.39, 0.29) is 6.10 Å². The van der Waals surface area contributed by atoms with Gasteiger partial charge in [-0.1, -0.05) is 19.9 Å². The van der Waals surface area contributed by atoms with E-state index in [2.05, 4.69) is 54.2 Å². The summed E-state index contributed by atoms with van der Waals surface area (Å²) < 4.78 is 6.97. The van der Waals surface area contributed by atoms with Crippen LogP contribution in [0, 0.1) is 6.92 Å². The lowest BCUT2D eigenvalue weighted by Gasteiger charge is -2.19. The Balaban J connectivity index is 2.62. The molecule has 0 aliphatic rings. The molecule has 0 aliphatic heterocycles. The van der Waals surface area contributed by atoms with Crippen molar-refractivity contribution in [1.29, 1.82) is 0 Å². The Morgan fingerprint density at radius 2 is 2.12 bits per heavy atom. The van der Waals surface area contributed by atoms with Crippen molar-refractivity contribution < 1.29 is 4.74 Å². The first-order valence-electron chi connectivity index (χ1n) is 5.80. The van der Waals surface area contributed by atoms with Crippen LogP contribution in [0.3, 0.4) is 0 Å². The Labute approximate surface area is 107 Å². The van der Waals surface area contributed by atoms with Crippen LogP contribution in [0.2, 0.25) is 0 Å². The van der Waals surface area contributed by atoms with Crippen LogP contribution in [0.1, 0.15) is 25.8 Å². The summed E-state index contributed by atoms with van der Waals surface area (Å²) in [5.74, 6) is 0.926. The highest BCUT2D eigenvalue weighted by molar-refractivity contribution is 9.10. The molecule has 3 heteroatoms. The summed E-state index contributed by atoms with van der Waals surface area (Å²) >= 11 is 3.53. The van der Waals surface area contributed by atoms with Crippen LogP contribution >= 0.6 is 15.9 Å². The van der Waals surface area contributed by atoms with Crippen molar-refractivity contribution in [3.63, 3.8) is 0 Å². The van der Waals surface area contributed by atoms with Crippen LogP contribution in [-0.2, 0) is 0 Å². The molecule has 16 heavy (non-hydrogen) atoms. The van der Waals surface area contributed by atoms with Gasteiger partial charge in [0.15, 0.2) is 0 Å². The molecule has 1 atom stereocenters. The van der Waals surface area contributed by atoms with Gasteiger partial charge in [0.2, 0.25) is 0 Å². The van der Waals surface area contributed by atoms with E-state index < -0.39 is 0 Å². The minimum Gasteiger partial charge on any atom is -0.488 e. The topological polar surface area (TPSA) is 21.3 Å². The first-order valence-corrected chi connectivity index (χ1v) is 6.60. The summed E-state index contributed by atoms with van der Waals surface area (Å²) in [4.78, 5) is 0. The normalized spacial score (nSPS) is 12.5. The average molecular weight is 286 g/mol. The van der Waals surface area contributed by atoms with Gasteiger partial charge in [0, 0.05) is 6.54 Å². The lowest BCUT2D eigenvalue weighted by Crippen LogP contribution is -2.30. The fourth-order valence-corrected chi connectivity index (χ4v) is 2.04. The van der Waals surface area contributed by atoms with E-state index >= 15 is 0 Å². The van der Waals surface area contributed by atoms with E-state index in [0.717, 1.165) is 29.7 Å².